The van der Waals surface area contributed by atoms with E-state index in [4.69, 9.17) is 5.73 Å². The molecule has 0 saturated carbocycles. The molecule has 0 saturated heterocycles. The molecule has 0 spiro atoms. The highest BCUT2D eigenvalue weighted by molar-refractivity contribution is 4.93. The lowest BCUT2D eigenvalue weighted by Crippen LogP contribution is -2.11. The molecular formula is C8H16N4. The Morgan fingerprint density at radius 2 is 2.33 bits per heavy atom. The van der Waals surface area contributed by atoms with Crippen LogP contribution in [0.5, 0.6) is 0 Å². The minimum Gasteiger partial charge on any atom is -0.321 e. The minimum absolute atomic E-state index is 0.00472. The normalized spacial score (nSPS) is 13.2. The zero-order chi connectivity index (χ0) is 8.97. The summed E-state index contributed by atoms with van der Waals surface area (Å²) in [6, 6.07) is -0.00472. The molecule has 0 radical (unpaired) electrons. The molecule has 4 nitrogen and oxygen atoms in total. The van der Waals surface area contributed by atoms with Crippen LogP contribution in [0.1, 0.15) is 43.9 Å². The van der Waals surface area contributed by atoms with Crippen LogP contribution >= 0.6 is 0 Å². The second-order valence-electron chi connectivity index (χ2n) is 3.03. The Bertz CT molecular complexity index is 231. The van der Waals surface area contributed by atoms with Crippen LogP contribution in [0.25, 0.3) is 0 Å². The van der Waals surface area contributed by atoms with Gasteiger partial charge in [0, 0.05) is 0 Å². The Morgan fingerprint density at radius 1 is 1.58 bits per heavy atom. The molecule has 1 rings (SSSR count). The van der Waals surface area contributed by atoms with E-state index in [0.717, 1.165) is 30.9 Å². The van der Waals surface area contributed by atoms with Crippen LogP contribution in [0, 0.1) is 6.92 Å². The molecule has 0 unspecified atom stereocenters. The molecule has 3 N–H and O–H groups in total. The Kier molecular flexibility index (Phi) is 3.22. The first-order valence-corrected chi connectivity index (χ1v) is 4.38. The standard InChI is InChI=1S/C8H16N4/c1-3-4-5-7(9)8-10-6(2)11-12-8/h7H,3-5,9H2,1-2H3,(H,10,11,12)/t7-/m0/s1. The van der Waals surface area contributed by atoms with Gasteiger partial charge in [-0.2, -0.15) is 5.10 Å². The third kappa shape index (κ3) is 2.30. The van der Waals surface area contributed by atoms with Crippen LogP contribution in [0.2, 0.25) is 0 Å². The first-order chi connectivity index (χ1) is 5.74. The number of unbranched alkanes of at least 4 members (excludes halogenated alkanes) is 1. The summed E-state index contributed by atoms with van der Waals surface area (Å²) >= 11 is 0. The maximum absolute atomic E-state index is 5.85. The van der Waals surface area contributed by atoms with Crippen molar-refractivity contribution < 1.29 is 0 Å². The van der Waals surface area contributed by atoms with Gasteiger partial charge >= 0.3 is 0 Å². The van der Waals surface area contributed by atoms with Gasteiger partial charge in [0.15, 0.2) is 5.82 Å². The molecular weight excluding hydrogens is 152 g/mol. The van der Waals surface area contributed by atoms with E-state index < -0.39 is 0 Å². The Labute approximate surface area is 72.6 Å². The number of H-pyrrole nitrogens is 1. The zero-order valence-corrected chi connectivity index (χ0v) is 7.67. The number of hydrogen-bond acceptors (Lipinski definition) is 3. The topological polar surface area (TPSA) is 67.6 Å². The number of aryl methyl sites for hydroxylation is 1. The van der Waals surface area contributed by atoms with Gasteiger partial charge in [-0.1, -0.05) is 19.8 Å². The molecule has 0 fully saturated rings. The van der Waals surface area contributed by atoms with Crippen molar-refractivity contribution in [1.29, 1.82) is 0 Å². The average molecular weight is 168 g/mol. The maximum Gasteiger partial charge on any atom is 0.167 e. The van der Waals surface area contributed by atoms with E-state index in [1.54, 1.807) is 0 Å². The summed E-state index contributed by atoms with van der Waals surface area (Å²) in [5, 5.41) is 6.79. The number of rotatable bonds is 4. The second kappa shape index (κ2) is 4.21. The van der Waals surface area contributed by atoms with E-state index in [1.807, 2.05) is 6.92 Å². The summed E-state index contributed by atoms with van der Waals surface area (Å²) in [6.45, 7) is 4.03. The van der Waals surface area contributed by atoms with E-state index in [0.29, 0.717) is 0 Å². The van der Waals surface area contributed by atoms with Crippen molar-refractivity contribution >= 4 is 0 Å². The quantitative estimate of drug-likeness (QED) is 0.712. The van der Waals surface area contributed by atoms with Crippen LogP contribution < -0.4 is 5.73 Å². The molecule has 0 bridgehead atoms. The Morgan fingerprint density at radius 3 is 2.83 bits per heavy atom. The number of nitrogens with zero attached hydrogens (tertiary/aromatic N) is 2. The van der Waals surface area contributed by atoms with E-state index in [9.17, 15) is 0 Å². The van der Waals surface area contributed by atoms with Crippen LogP contribution in [-0.4, -0.2) is 15.2 Å². The van der Waals surface area contributed by atoms with Gasteiger partial charge in [0.2, 0.25) is 0 Å². The van der Waals surface area contributed by atoms with Crippen LogP contribution in [0.15, 0.2) is 0 Å². The fourth-order valence-corrected chi connectivity index (χ4v) is 1.08. The lowest BCUT2D eigenvalue weighted by molar-refractivity contribution is 0.577. The summed E-state index contributed by atoms with van der Waals surface area (Å²) < 4.78 is 0. The van der Waals surface area contributed by atoms with Crippen molar-refractivity contribution in [2.45, 2.75) is 39.2 Å². The molecule has 4 heteroatoms. The fraction of sp³-hybridized carbons (Fsp3) is 0.750. The molecule has 1 aromatic rings. The highest BCUT2D eigenvalue weighted by Crippen LogP contribution is 2.11. The average Bonchev–Trinajstić information content (AvgIpc) is 2.47. The van der Waals surface area contributed by atoms with Crippen LogP contribution in [0.4, 0.5) is 0 Å². The molecule has 0 amide bonds. The van der Waals surface area contributed by atoms with Gasteiger partial charge in [-0.05, 0) is 13.3 Å². The second-order valence-corrected chi connectivity index (χ2v) is 3.03. The van der Waals surface area contributed by atoms with Gasteiger partial charge in [-0.25, -0.2) is 4.98 Å². The van der Waals surface area contributed by atoms with Crippen molar-refractivity contribution in [2.75, 3.05) is 0 Å². The summed E-state index contributed by atoms with van der Waals surface area (Å²) in [6.07, 6.45) is 3.26. The number of nitrogens with one attached hydrogen (secondary N) is 1. The van der Waals surface area contributed by atoms with E-state index in [1.165, 1.54) is 0 Å². The summed E-state index contributed by atoms with van der Waals surface area (Å²) in [7, 11) is 0. The third-order valence-electron chi connectivity index (χ3n) is 1.81. The van der Waals surface area contributed by atoms with Crippen molar-refractivity contribution in [3.63, 3.8) is 0 Å². The first kappa shape index (κ1) is 9.19. The van der Waals surface area contributed by atoms with Gasteiger partial charge in [0.05, 0.1) is 6.04 Å². The van der Waals surface area contributed by atoms with Crippen molar-refractivity contribution in [1.82, 2.24) is 15.2 Å². The predicted molar refractivity (Wildman–Crippen MR) is 47.6 cm³/mol. The molecule has 1 atom stereocenters. The van der Waals surface area contributed by atoms with Crippen molar-refractivity contribution in [2.24, 2.45) is 5.73 Å². The molecule has 0 aliphatic rings. The van der Waals surface area contributed by atoms with Crippen molar-refractivity contribution in [3.05, 3.63) is 11.6 Å². The highest BCUT2D eigenvalue weighted by atomic mass is 15.2. The fourth-order valence-electron chi connectivity index (χ4n) is 1.08. The monoisotopic (exact) mass is 168 g/mol. The van der Waals surface area contributed by atoms with Gasteiger partial charge in [0.25, 0.3) is 0 Å². The maximum atomic E-state index is 5.85. The highest BCUT2D eigenvalue weighted by Gasteiger charge is 2.09. The van der Waals surface area contributed by atoms with Gasteiger partial charge in [-0.3, -0.25) is 5.10 Å². The third-order valence-corrected chi connectivity index (χ3v) is 1.81. The number of nitrogens with two attached hydrogens (primary N) is 1. The number of aromatic nitrogens is 3. The van der Waals surface area contributed by atoms with Gasteiger partial charge in [-0.15, -0.1) is 0 Å². The van der Waals surface area contributed by atoms with Crippen LogP contribution in [0.3, 0.4) is 0 Å². The number of hydrogen-bond donors (Lipinski definition) is 2. The molecule has 1 aromatic heterocycles. The summed E-state index contributed by atoms with van der Waals surface area (Å²) in [5.74, 6) is 1.57. The van der Waals surface area contributed by atoms with Gasteiger partial charge in [0.1, 0.15) is 5.82 Å². The minimum atomic E-state index is -0.00472. The first-order valence-electron chi connectivity index (χ1n) is 4.38. The Hall–Kier alpha value is -0.900. The lowest BCUT2D eigenvalue weighted by atomic mass is 10.1. The Balaban J connectivity index is 2.47. The smallest absolute Gasteiger partial charge is 0.167 e. The van der Waals surface area contributed by atoms with Crippen LogP contribution in [-0.2, 0) is 0 Å². The van der Waals surface area contributed by atoms with E-state index in [2.05, 4.69) is 22.1 Å². The predicted octanol–water partition coefficient (Wildman–Crippen LogP) is 1.30. The summed E-state index contributed by atoms with van der Waals surface area (Å²) in [4.78, 5) is 4.17. The molecule has 0 aromatic carbocycles. The molecule has 0 aliphatic heterocycles. The van der Waals surface area contributed by atoms with Gasteiger partial charge < -0.3 is 5.73 Å². The lowest BCUT2D eigenvalue weighted by Gasteiger charge is -2.04. The molecule has 0 aliphatic carbocycles. The summed E-state index contributed by atoms with van der Waals surface area (Å²) in [5.41, 5.74) is 5.85. The molecule has 12 heavy (non-hydrogen) atoms. The molecule has 1 heterocycles. The number of aromatic amines is 1. The van der Waals surface area contributed by atoms with E-state index >= 15 is 0 Å². The molecule has 68 valence electrons. The largest absolute Gasteiger partial charge is 0.321 e. The zero-order valence-electron chi connectivity index (χ0n) is 7.67. The van der Waals surface area contributed by atoms with E-state index in [-0.39, 0.29) is 6.04 Å². The van der Waals surface area contributed by atoms with Crippen molar-refractivity contribution in [3.8, 4) is 0 Å². The SMILES string of the molecule is CCCC[C@H](N)c1n[nH]c(C)n1.